The summed E-state index contributed by atoms with van der Waals surface area (Å²) < 4.78 is 44.0. The number of alkyl halides is 3. The van der Waals surface area contributed by atoms with Gasteiger partial charge >= 0.3 is 6.18 Å². The number of rotatable bonds is 3. The van der Waals surface area contributed by atoms with Gasteiger partial charge in [-0.1, -0.05) is 18.2 Å². The lowest BCUT2D eigenvalue weighted by Crippen LogP contribution is -2.11. The quantitative estimate of drug-likeness (QED) is 0.774. The summed E-state index contributed by atoms with van der Waals surface area (Å²) in [6.45, 7) is 0. The largest absolute Gasteiger partial charge is 0.463 e. The molecule has 0 radical (unpaired) electrons. The van der Waals surface area contributed by atoms with Gasteiger partial charge in [-0.2, -0.15) is 13.2 Å². The molecule has 2 aromatic heterocycles. The van der Waals surface area contributed by atoms with Crippen molar-refractivity contribution in [2.75, 3.05) is 5.32 Å². The Hall–Kier alpha value is -2.83. The van der Waals surface area contributed by atoms with Crippen LogP contribution in [0.4, 0.5) is 24.8 Å². The molecule has 0 unspecified atom stereocenters. The van der Waals surface area contributed by atoms with Gasteiger partial charge in [0.25, 0.3) is 0 Å². The maximum Gasteiger partial charge on any atom is 0.433 e. The first-order valence-electron chi connectivity index (χ1n) is 6.34. The number of nitrogens with zero attached hydrogens (tertiary/aromatic N) is 2. The van der Waals surface area contributed by atoms with E-state index in [1.807, 2.05) is 0 Å². The van der Waals surface area contributed by atoms with Gasteiger partial charge in [0, 0.05) is 5.69 Å². The highest BCUT2D eigenvalue weighted by Crippen LogP contribution is 2.31. The Morgan fingerprint density at radius 1 is 0.955 bits per heavy atom. The van der Waals surface area contributed by atoms with Gasteiger partial charge in [-0.05, 0) is 30.3 Å². The molecule has 0 atom stereocenters. The molecule has 0 aliphatic carbocycles. The molecule has 0 spiro atoms. The second-order valence-electron chi connectivity index (χ2n) is 4.43. The van der Waals surface area contributed by atoms with Crippen LogP contribution in [-0.4, -0.2) is 9.97 Å². The van der Waals surface area contributed by atoms with Crippen molar-refractivity contribution in [3.63, 3.8) is 0 Å². The highest BCUT2D eigenvalue weighted by Gasteiger charge is 2.34. The average Bonchev–Trinajstić information content (AvgIpc) is 3.01. The van der Waals surface area contributed by atoms with Crippen molar-refractivity contribution >= 4 is 11.6 Å². The fraction of sp³-hybridized carbons (Fsp3) is 0.0667. The summed E-state index contributed by atoms with van der Waals surface area (Å²) in [4.78, 5) is 7.59. The van der Waals surface area contributed by atoms with E-state index in [9.17, 15) is 13.2 Å². The molecule has 0 saturated heterocycles. The monoisotopic (exact) mass is 305 g/mol. The van der Waals surface area contributed by atoms with Gasteiger partial charge in [0.1, 0.15) is 5.69 Å². The molecule has 1 N–H and O–H groups in total. The van der Waals surface area contributed by atoms with Gasteiger partial charge in [0.15, 0.2) is 11.5 Å². The van der Waals surface area contributed by atoms with Crippen LogP contribution in [0.15, 0.2) is 59.2 Å². The fourth-order valence-electron chi connectivity index (χ4n) is 1.85. The SMILES string of the molecule is FC(F)(F)c1cc(-c2ccco2)nc(Nc2ccccc2)n1. The maximum atomic E-state index is 13.0. The molecule has 3 rings (SSSR count). The summed E-state index contributed by atoms with van der Waals surface area (Å²) in [7, 11) is 0. The topological polar surface area (TPSA) is 51.0 Å². The Kier molecular flexibility index (Phi) is 3.54. The van der Waals surface area contributed by atoms with Crippen molar-refractivity contribution in [3.8, 4) is 11.5 Å². The van der Waals surface area contributed by atoms with Crippen LogP contribution in [0.2, 0.25) is 0 Å². The van der Waals surface area contributed by atoms with E-state index >= 15 is 0 Å². The van der Waals surface area contributed by atoms with Crippen LogP contribution >= 0.6 is 0 Å². The summed E-state index contributed by atoms with van der Waals surface area (Å²) >= 11 is 0. The van der Waals surface area contributed by atoms with Crippen LogP contribution in [0.3, 0.4) is 0 Å². The predicted octanol–water partition coefficient (Wildman–Crippen LogP) is 4.50. The van der Waals surface area contributed by atoms with Crippen molar-refractivity contribution < 1.29 is 17.6 Å². The Labute approximate surface area is 123 Å². The number of hydrogen-bond acceptors (Lipinski definition) is 4. The van der Waals surface area contributed by atoms with Crippen molar-refractivity contribution in [3.05, 3.63) is 60.5 Å². The van der Waals surface area contributed by atoms with Gasteiger partial charge < -0.3 is 9.73 Å². The number of anilines is 2. The van der Waals surface area contributed by atoms with Crippen molar-refractivity contribution in [1.29, 1.82) is 0 Å². The molecule has 4 nitrogen and oxygen atoms in total. The third-order valence-electron chi connectivity index (χ3n) is 2.82. The highest BCUT2D eigenvalue weighted by atomic mass is 19.4. The van der Waals surface area contributed by atoms with Crippen LogP contribution in [0.25, 0.3) is 11.5 Å². The van der Waals surface area contributed by atoms with Gasteiger partial charge in [0.2, 0.25) is 5.95 Å². The zero-order valence-corrected chi connectivity index (χ0v) is 11.1. The minimum atomic E-state index is -4.57. The van der Waals surface area contributed by atoms with Crippen LogP contribution < -0.4 is 5.32 Å². The lowest BCUT2D eigenvalue weighted by molar-refractivity contribution is -0.141. The standard InChI is InChI=1S/C15H10F3N3O/c16-15(17,18)13-9-11(12-7-4-8-22-12)20-14(21-13)19-10-5-2-1-3-6-10/h1-9H,(H,19,20,21). The molecular weight excluding hydrogens is 295 g/mol. The Balaban J connectivity index is 2.04. The molecule has 0 amide bonds. The molecule has 1 aromatic carbocycles. The lowest BCUT2D eigenvalue weighted by atomic mass is 10.2. The molecule has 22 heavy (non-hydrogen) atoms. The molecule has 0 aliphatic heterocycles. The molecule has 112 valence electrons. The van der Waals surface area contributed by atoms with Crippen LogP contribution in [0.1, 0.15) is 5.69 Å². The average molecular weight is 305 g/mol. The number of halogens is 3. The van der Waals surface area contributed by atoms with Crippen molar-refractivity contribution in [2.45, 2.75) is 6.18 Å². The Bertz CT molecular complexity index is 755. The molecular formula is C15H10F3N3O. The summed E-state index contributed by atoms with van der Waals surface area (Å²) in [5.41, 5.74) is -0.384. The maximum absolute atomic E-state index is 13.0. The molecule has 0 bridgehead atoms. The van der Waals surface area contributed by atoms with E-state index in [4.69, 9.17) is 4.42 Å². The van der Waals surface area contributed by atoms with E-state index in [2.05, 4.69) is 15.3 Å². The second-order valence-corrected chi connectivity index (χ2v) is 4.43. The molecule has 0 fully saturated rings. The van der Waals surface area contributed by atoms with Gasteiger partial charge in [0.05, 0.1) is 6.26 Å². The van der Waals surface area contributed by atoms with Crippen LogP contribution in [-0.2, 0) is 6.18 Å². The lowest BCUT2D eigenvalue weighted by Gasteiger charge is -2.10. The first-order valence-corrected chi connectivity index (χ1v) is 6.34. The van der Waals surface area contributed by atoms with E-state index in [1.165, 1.54) is 12.3 Å². The van der Waals surface area contributed by atoms with E-state index in [0.717, 1.165) is 6.07 Å². The normalized spacial score (nSPS) is 11.4. The molecule has 0 aliphatic rings. The Morgan fingerprint density at radius 2 is 1.73 bits per heavy atom. The summed E-state index contributed by atoms with van der Waals surface area (Å²) in [6, 6.07) is 12.7. The first kappa shape index (κ1) is 14.1. The van der Waals surface area contributed by atoms with Gasteiger partial charge in [-0.15, -0.1) is 0 Å². The third-order valence-corrected chi connectivity index (χ3v) is 2.82. The van der Waals surface area contributed by atoms with Crippen molar-refractivity contribution in [2.24, 2.45) is 0 Å². The summed E-state index contributed by atoms with van der Waals surface area (Å²) in [6.07, 6.45) is -3.20. The van der Waals surface area contributed by atoms with E-state index < -0.39 is 11.9 Å². The van der Waals surface area contributed by atoms with E-state index in [-0.39, 0.29) is 17.4 Å². The number of benzene rings is 1. The van der Waals surface area contributed by atoms with Gasteiger partial charge in [-0.3, -0.25) is 0 Å². The number of furan rings is 1. The number of hydrogen-bond donors (Lipinski definition) is 1. The number of nitrogens with one attached hydrogen (secondary N) is 1. The fourth-order valence-corrected chi connectivity index (χ4v) is 1.85. The predicted molar refractivity (Wildman–Crippen MR) is 74.5 cm³/mol. The van der Waals surface area contributed by atoms with Crippen LogP contribution in [0.5, 0.6) is 0 Å². The molecule has 0 saturated carbocycles. The van der Waals surface area contributed by atoms with Crippen LogP contribution in [0, 0.1) is 0 Å². The minimum absolute atomic E-state index is 0.0609. The zero-order valence-electron chi connectivity index (χ0n) is 11.1. The number of aromatic nitrogens is 2. The van der Waals surface area contributed by atoms with Crippen molar-refractivity contribution in [1.82, 2.24) is 9.97 Å². The second kappa shape index (κ2) is 5.51. The smallest absolute Gasteiger partial charge is 0.433 e. The zero-order chi connectivity index (χ0) is 15.6. The minimum Gasteiger partial charge on any atom is -0.463 e. The molecule has 2 heterocycles. The van der Waals surface area contributed by atoms with E-state index in [1.54, 1.807) is 36.4 Å². The molecule has 7 heteroatoms. The molecule has 3 aromatic rings. The highest BCUT2D eigenvalue weighted by molar-refractivity contribution is 5.59. The van der Waals surface area contributed by atoms with Gasteiger partial charge in [-0.25, -0.2) is 9.97 Å². The summed E-state index contributed by atoms with van der Waals surface area (Å²) in [5.74, 6) is 0.0939. The Morgan fingerprint density at radius 3 is 2.36 bits per heavy atom. The van der Waals surface area contributed by atoms with E-state index in [0.29, 0.717) is 5.69 Å². The first-order chi connectivity index (χ1) is 10.5. The summed E-state index contributed by atoms with van der Waals surface area (Å²) in [5, 5.41) is 2.75. The third kappa shape index (κ3) is 3.08. The number of para-hydroxylation sites is 1.